The van der Waals surface area contributed by atoms with Crippen LogP contribution in [0.2, 0.25) is 0 Å². The maximum Gasteiger partial charge on any atom is 0.135 e. The van der Waals surface area contributed by atoms with Gasteiger partial charge < -0.3 is 14.2 Å². The molecule has 0 saturated carbocycles. The predicted octanol–water partition coefficient (Wildman–Crippen LogP) is 13.2. The topological polar surface area (TPSA) is 19.6 Å². The Morgan fingerprint density at radius 2 is 1.06 bits per heavy atom. The van der Waals surface area contributed by atoms with Gasteiger partial charge in [-0.25, -0.2) is 0 Å². The van der Waals surface area contributed by atoms with Crippen LogP contribution in [0, 0.1) is 0 Å². The van der Waals surface area contributed by atoms with Gasteiger partial charge in [0.1, 0.15) is 11.2 Å². The molecule has 0 saturated heterocycles. The number of para-hydroxylation sites is 3. The molecule has 1 heterocycles. The Morgan fingerprint density at radius 1 is 0.490 bits per heavy atom. The van der Waals surface area contributed by atoms with E-state index >= 15 is 0 Å². The zero-order valence-corrected chi connectivity index (χ0v) is 28.4. The van der Waals surface area contributed by atoms with Gasteiger partial charge in [0, 0.05) is 39.2 Å². The first-order valence-electron chi connectivity index (χ1n) is 17.8. The molecule has 3 heteroatoms. The van der Waals surface area contributed by atoms with Gasteiger partial charge in [-0.1, -0.05) is 109 Å². The van der Waals surface area contributed by atoms with E-state index in [0.717, 1.165) is 58.3 Å². The zero-order valence-electron chi connectivity index (χ0n) is 28.4. The Bertz CT molecular complexity index is 2400. The molecule has 9 rings (SSSR count). The lowest BCUT2D eigenvalue weighted by atomic mass is 9.93. The summed E-state index contributed by atoms with van der Waals surface area (Å²) < 4.78 is 6.34. The molecule has 0 aliphatic heterocycles. The van der Waals surface area contributed by atoms with Crippen LogP contribution in [0.25, 0.3) is 38.6 Å². The Kier molecular flexibility index (Phi) is 8.15. The summed E-state index contributed by atoms with van der Waals surface area (Å²) in [5.74, 6) is 0. The van der Waals surface area contributed by atoms with Gasteiger partial charge >= 0.3 is 0 Å². The number of furan rings is 1. The van der Waals surface area contributed by atoms with Crippen molar-refractivity contribution in [1.82, 2.24) is 0 Å². The van der Waals surface area contributed by atoms with Crippen molar-refractivity contribution >= 4 is 50.3 Å². The number of hydrogen-bond donors (Lipinski definition) is 0. The predicted molar refractivity (Wildman–Crippen MR) is 215 cm³/mol. The van der Waals surface area contributed by atoms with Crippen molar-refractivity contribution in [2.24, 2.45) is 0 Å². The van der Waals surface area contributed by atoms with Crippen molar-refractivity contribution in [1.29, 1.82) is 0 Å². The second-order valence-electron chi connectivity index (χ2n) is 13.2. The molecular formula is C48H38N2O. The zero-order chi connectivity index (χ0) is 34.0. The van der Waals surface area contributed by atoms with Crippen molar-refractivity contribution < 1.29 is 4.42 Å². The van der Waals surface area contributed by atoms with Crippen molar-refractivity contribution in [2.75, 3.05) is 9.80 Å². The Morgan fingerprint density at radius 3 is 1.65 bits per heavy atom. The third-order valence-corrected chi connectivity index (χ3v) is 10.1. The SMILES string of the molecule is C1=CCC(N(C2=CC=C(c3ccc4oc5ccc(-c6ccc(N(c7ccccc7)c7ccccc7)cc6)cc5c4c3)CC2)c2ccccc2)C=C1. The average molecular weight is 659 g/mol. The molecule has 0 radical (unpaired) electrons. The van der Waals surface area contributed by atoms with E-state index < -0.39 is 0 Å². The monoisotopic (exact) mass is 658 g/mol. The first-order valence-corrected chi connectivity index (χ1v) is 17.8. The number of fused-ring (bicyclic) bond motifs is 3. The first-order chi connectivity index (χ1) is 25.3. The molecule has 3 nitrogen and oxygen atoms in total. The van der Waals surface area contributed by atoms with E-state index in [1.54, 1.807) is 0 Å². The maximum absolute atomic E-state index is 6.34. The molecular weight excluding hydrogens is 621 g/mol. The van der Waals surface area contributed by atoms with Crippen LogP contribution in [0.4, 0.5) is 22.7 Å². The second kappa shape index (κ2) is 13.5. The third-order valence-electron chi connectivity index (χ3n) is 10.1. The number of benzene rings is 6. The normalized spacial score (nSPS) is 15.5. The molecule has 51 heavy (non-hydrogen) atoms. The van der Waals surface area contributed by atoms with Crippen molar-refractivity contribution in [3.05, 3.63) is 199 Å². The average Bonchev–Trinajstić information content (AvgIpc) is 3.58. The van der Waals surface area contributed by atoms with Crippen LogP contribution in [0.15, 0.2) is 198 Å². The summed E-state index contributed by atoms with van der Waals surface area (Å²) in [6.45, 7) is 0. The van der Waals surface area contributed by atoms with Crippen LogP contribution in [-0.4, -0.2) is 6.04 Å². The highest BCUT2D eigenvalue weighted by Gasteiger charge is 2.23. The first kappa shape index (κ1) is 30.7. The standard InChI is InChI=1S/C48H38N2O/c1-5-13-39(14-6-1)49(40-15-7-2-8-16-40)43-27-21-35(22-28-43)37-25-31-47-45(33-37)46-34-38(26-32-48(46)51-47)36-23-29-44(30-24-36)50(41-17-9-3-10-18-41)42-19-11-4-12-20-42/h1-19,21-23,25-29,31-34,42H,20,24,30H2. The van der Waals surface area contributed by atoms with Gasteiger partial charge in [-0.2, -0.15) is 0 Å². The molecule has 0 fully saturated rings. The fourth-order valence-corrected chi connectivity index (χ4v) is 7.55. The molecule has 6 aromatic carbocycles. The lowest BCUT2D eigenvalue weighted by molar-refractivity contribution is 0.669. The molecule has 1 atom stereocenters. The summed E-state index contributed by atoms with van der Waals surface area (Å²) in [5.41, 5.74) is 12.8. The van der Waals surface area contributed by atoms with E-state index in [-0.39, 0.29) is 0 Å². The lowest BCUT2D eigenvalue weighted by Gasteiger charge is -2.35. The summed E-state index contributed by atoms with van der Waals surface area (Å²) in [4.78, 5) is 4.80. The van der Waals surface area contributed by atoms with Crippen LogP contribution < -0.4 is 9.80 Å². The summed E-state index contributed by atoms with van der Waals surface area (Å²) in [7, 11) is 0. The summed E-state index contributed by atoms with van der Waals surface area (Å²) in [5, 5.41) is 2.30. The second-order valence-corrected chi connectivity index (χ2v) is 13.2. The summed E-state index contributed by atoms with van der Waals surface area (Å²) in [6.07, 6.45) is 16.5. The van der Waals surface area contributed by atoms with Crippen molar-refractivity contribution in [3.63, 3.8) is 0 Å². The quantitative estimate of drug-likeness (QED) is 0.162. The molecule has 246 valence electrons. The highest BCUT2D eigenvalue weighted by atomic mass is 16.3. The van der Waals surface area contributed by atoms with E-state index in [0.29, 0.717) is 6.04 Å². The fraction of sp³-hybridized carbons (Fsp3) is 0.0833. The van der Waals surface area contributed by atoms with Gasteiger partial charge in [0.05, 0.1) is 6.04 Å². The van der Waals surface area contributed by atoms with Gasteiger partial charge in [0.2, 0.25) is 0 Å². The summed E-state index contributed by atoms with van der Waals surface area (Å²) >= 11 is 0. The van der Waals surface area contributed by atoms with Gasteiger partial charge in [0.25, 0.3) is 0 Å². The van der Waals surface area contributed by atoms with E-state index in [1.165, 1.54) is 33.6 Å². The van der Waals surface area contributed by atoms with Gasteiger partial charge in [-0.05, 0) is 120 Å². The molecule has 2 aliphatic carbocycles. The van der Waals surface area contributed by atoms with Gasteiger partial charge in [-0.15, -0.1) is 0 Å². The van der Waals surface area contributed by atoms with Crippen molar-refractivity contribution in [3.8, 4) is 11.1 Å². The molecule has 7 aromatic rings. The molecule has 0 amide bonds. The fourth-order valence-electron chi connectivity index (χ4n) is 7.55. The molecule has 0 spiro atoms. The largest absolute Gasteiger partial charge is 0.456 e. The third kappa shape index (κ3) is 6.08. The Hall–Kier alpha value is -6.32. The van der Waals surface area contributed by atoms with Crippen LogP contribution in [0.3, 0.4) is 0 Å². The van der Waals surface area contributed by atoms with Crippen molar-refractivity contribution in [2.45, 2.75) is 25.3 Å². The van der Waals surface area contributed by atoms with Gasteiger partial charge in [-0.3, -0.25) is 0 Å². The van der Waals surface area contributed by atoms with E-state index in [2.05, 4.69) is 198 Å². The van der Waals surface area contributed by atoms with Gasteiger partial charge in [0.15, 0.2) is 0 Å². The number of nitrogens with zero attached hydrogens (tertiary/aromatic N) is 2. The summed E-state index contributed by atoms with van der Waals surface area (Å²) in [6, 6.07) is 54.3. The number of rotatable bonds is 8. The van der Waals surface area contributed by atoms with E-state index in [9.17, 15) is 0 Å². The number of allylic oxidation sites excluding steroid dienone is 6. The molecule has 2 aliphatic rings. The highest BCUT2D eigenvalue weighted by molar-refractivity contribution is 6.07. The highest BCUT2D eigenvalue weighted by Crippen LogP contribution is 2.39. The van der Waals surface area contributed by atoms with Crippen LogP contribution in [0.5, 0.6) is 0 Å². The minimum Gasteiger partial charge on any atom is -0.456 e. The van der Waals surface area contributed by atoms with Crippen LogP contribution in [0.1, 0.15) is 24.8 Å². The lowest BCUT2D eigenvalue weighted by Crippen LogP contribution is -2.34. The molecule has 1 unspecified atom stereocenters. The van der Waals surface area contributed by atoms with E-state index in [1.807, 2.05) is 0 Å². The molecule has 0 N–H and O–H groups in total. The minimum atomic E-state index is 0.323. The Labute approximate surface area is 299 Å². The molecule has 1 aromatic heterocycles. The maximum atomic E-state index is 6.34. The number of anilines is 4. The molecule has 0 bridgehead atoms. The number of hydrogen-bond acceptors (Lipinski definition) is 3. The van der Waals surface area contributed by atoms with Crippen LogP contribution >= 0.6 is 0 Å². The minimum absolute atomic E-state index is 0.323. The van der Waals surface area contributed by atoms with E-state index in [4.69, 9.17) is 4.42 Å². The van der Waals surface area contributed by atoms with Crippen LogP contribution in [-0.2, 0) is 0 Å². The smallest absolute Gasteiger partial charge is 0.135 e. The Balaban J connectivity index is 1.02.